The van der Waals surface area contributed by atoms with Crippen LogP contribution in [0.1, 0.15) is 11.3 Å². The van der Waals surface area contributed by atoms with Crippen LogP contribution in [0.3, 0.4) is 0 Å². The molecule has 0 fully saturated rings. The van der Waals surface area contributed by atoms with Gasteiger partial charge in [-0.2, -0.15) is 13.2 Å². The average molecular weight is 307 g/mol. The van der Waals surface area contributed by atoms with Crippen LogP contribution in [0.4, 0.5) is 22.6 Å². The molecule has 4 nitrogen and oxygen atoms in total. The van der Waals surface area contributed by atoms with E-state index >= 15 is 0 Å². The third-order valence-electron chi connectivity index (χ3n) is 2.40. The summed E-state index contributed by atoms with van der Waals surface area (Å²) in [5.74, 6) is -1.43. The van der Waals surface area contributed by atoms with Crippen molar-refractivity contribution in [3.8, 4) is 5.75 Å². The van der Waals surface area contributed by atoms with Gasteiger partial charge in [0, 0.05) is 18.6 Å². The van der Waals surface area contributed by atoms with Gasteiger partial charge in [0.25, 0.3) is 0 Å². The minimum absolute atomic E-state index is 0.0599. The van der Waals surface area contributed by atoms with E-state index in [0.717, 1.165) is 23.7 Å². The number of ether oxygens (including phenoxy) is 1. The second kappa shape index (κ2) is 5.61. The minimum atomic E-state index is -4.76. The van der Waals surface area contributed by atoms with Crippen molar-refractivity contribution in [2.75, 3.05) is 12.4 Å². The first-order valence-corrected chi connectivity index (χ1v) is 6.17. The Morgan fingerprint density at radius 1 is 1.35 bits per heavy atom. The molecule has 0 bridgehead atoms. The highest BCUT2D eigenvalue weighted by Crippen LogP contribution is 2.33. The summed E-state index contributed by atoms with van der Waals surface area (Å²) in [7, 11) is 1.67. The van der Waals surface area contributed by atoms with E-state index in [4.69, 9.17) is 4.74 Å². The summed E-state index contributed by atoms with van der Waals surface area (Å²) in [6, 6.07) is 2.47. The smallest absolute Gasteiger partial charge is 0.419 e. The molecule has 20 heavy (non-hydrogen) atoms. The average Bonchev–Trinajstić information content (AvgIpc) is 2.84. The van der Waals surface area contributed by atoms with Gasteiger partial charge in [-0.15, -0.1) is 5.10 Å². The summed E-state index contributed by atoms with van der Waals surface area (Å²) in [6.07, 6.45) is -4.76. The van der Waals surface area contributed by atoms with Crippen LogP contribution in [0, 0.1) is 5.82 Å². The number of nitrogens with one attached hydrogen (secondary N) is 1. The van der Waals surface area contributed by atoms with Gasteiger partial charge >= 0.3 is 6.18 Å². The van der Waals surface area contributed by atoms with Crippen molar-refractivity contribution in [3.63, 3.8) is 0 Å². The van der Waals surface area contributed by atoms with Gasteiger partial charge in [-0.1, -0.05) is 4.49 Å². The molecule has 0 aliphatic heterocycles. The molecule has 0 saturated carbocycles. The standard InChI is InChI=1S/C11H9F4N3OS/c1-16-10-9(17-18-20-10)5-19-6-2-3-8(12)7(4-6)11(13,14)15/h2-4,16H,5H2,1H3. The molecule has 2 aromatic rings. The van der Waals surface area contributed by atoms with Gasteiger partial charge in [-0.05, 0) is 18.2 Å². The fraction of sp³-hybridized carbons (Fsp3) is 0.273. The van der Waals surface area contributed by atoms with Crippen LogP contribution < -0.4 is 10.1 Å². The first-order valence-electron chi connectivity index (χ1n) is 5.40. The molecule has 108 valence electrons. The van der Waals surface area contributed by atoms with E-state index in [1.165, 1.54) is 0 Å². The number of rotatable bonds is 4. The Kier molecular flexibility index (Phi) is 4.07. The number of nitrogens with zero attached hydrogens (tertiary/aromatic N) is 2. The molecule has 2 rings (SSSR count). The summed E-state index contributed by atoms with van der Waals surface area (Å²) < 4.78 is 59.6. The van der Waals surface area contributed by atoms with Gasteiger partial charge in [0.05, 0.1) is 5.56 Å². The molecule has 0 saturated heterocycles. The van der Waals surface area contributed by atoms with Crippen LogP contribution in [0.15, 0.2) is 18.2 Å². The van der Waals surface area contributed by atoms with Gasteiger partial charge in [-0.3, -0.25) is 0 Å². The summed E-state index contributed by atoms with van der Waals surface area (Å²) >= 11 is 1.10. The number of benzene rings is 1. The molecule has 0 aliphatic rings. The zero-order valence-corrected chi connectivity index (χ0v) is 11.0. The second-order valence-electron chi connectivity index (χ2n) is 3.73. The van der Waals surface area contributed by atoms with E-state index < -0.39 is 17.6 Å². The second-order valence-corrected chi connectivity index (χ2v) is 4.48. The minimum Gasteiger partial charge on any atom is -0.487 e. The Morgan fingerprint density at radius 2 is 2.10 bits per heavy atom. The summed E-state index contributed by atoms with van der Waals surface area (Å²) in [6.45, 7) is -0.0599. The molecule has 0 aliphatic carbocycles. The van der Waals surface area contributed by atoms with E-state index in [9.17, 15) is 17.6 Å². The van der Waals surface area contributed by atoms with Crippen LogP contribution in [0.2, 0.25) is 0 Å². The van der Waals surface area contributed by atoms with Crippen molar-refractivity contribution < 1.29 is 22.3 Å². The molecule has 0 amide bonds. The van der Waals surface area contributed by atoms with Crippen LogP contribution in [-0.4, -0.2) is 16.6 Å². The van der Waals surface area contributed by atoms with Crippen molar-refractivity contribution in [3.05, 3.63) is 35.3 Å². The predicted molar refractivity (Wildman–Crippen MR) is 65.2 cm³/mol. The molecule has 1 heterocycles. The normalized spacial score (nSPS) is 11.4. The van der Waals surface area contributed by atoms with Crippen LogP contribution in [0.25, 0.3) is 0 Å². The van der Waals surface area contributed by atoms with Gasteiger partial charge in [-0.25, -0.2) is 4.39 Å². The molecule has 0 unspecified atom stereocenters. The fourth-order valence-electron chi connectivity index (χ4n) is 1.46. The maximum absolute atomic E-state index is 13.1. The number of hydrogen-bond donors (Lipinski definition) is 1. The highest BCUT2D eigenvalue weighted by atomic mass is 32.1. The van der Waals surface area contributed by atoms with Crippen LogP contribution >= 0.6 is 11.5 Å². The van der Waals surface area contributed by atoms with E-state index in [2.05, 4.69) is 14.9 Å². The maximum Gasteiger partial charge on any atom is 0.419 e. The lowest BCUT2D eigenvalue weighted by atomic mass is 10.2. The van der Waals surface area contributed by atoms with Gasteiger partial charge < -0.3 is 10.1 Å². The Balaban J connectivity index is 2.15. The lowest BCUT2D eigenvalue weighted by Gasteiger charge is -2.11. The third-order valence-corrected chi connectivity index (χ3v) is 3.19. The molecular weight excluding hydrogens is 298 g/mol. The monoisotopic (exact) mass is 307 g/mol. The number of alkyl halides is 3. The van der Waals surface area contributed by atoms with Crippen LogP contribution in [0.5, 0.6) is 5.75 Å². The number of hydrogen-bond acceptors (Lipinski definition) is 5. The van der Waals surface area contributed by atoms with E-state index in [0.29, 0.717) is 16.8 Å². The molecule has 9 heteroatoms. The highest BCUT2D eigenvalue weighted by Gasteiger charge is 2.34. The topological polar surface area (TPSA) is 47.0 Å². The van der Waals surface area contributed by atoms with Gasteiger partial charge in [0.2, 0.25) is 0 Å². The first-order chi connectivity index (χ1) is 9.41. The largest absolute Gasteiger partial charge is 0.487 e. The Hall–Kier alpha value is -1.90. The van der Waals surface area contributed by atoms with E-state index in [1.807, 2.05) is 0 Å². The van der Waals surface area contributed by atoms with E-state index in [1.54, 1.807) is 7.05 Å². The molecule has 0 atom stereocenters. The fourth-order valence-corrected chi connectivity index (χ4v) is 1.97. The van der Waals surface area contributed by atoms with Gasteiger partial charge in [0.15, 0.2) is 0 Å². The van der Waals surface area contributed by atoms with Crippen molar-refractivity contribution in [2.45, 2.75) is 12.8 Å². The van der Waals surface area contributed by atoms with Crippen LogP contribution in [-0.2, 0) is 12.8 Å². The zero-order valence-electron chi connectivity index (χ0n) is 10.2. The molecular formula is C11H9F4N3OS. The highest BCUT2D eigenvalue weighted by molar-refractivity contribution is 7.10. The maximum atomic E-state index is 13.1. The Morgan fingerprint density at radius 3 is 2.75 bits per heavy atom. The summed E-state index contributed by atoms with van der Waals surface area (Å²) in [5.41, 5.74) is -0.893. The lowest BCUT2D eigenvalue weighted by molar-refractivity contribution is -0.140. The van der Waals surface area contributed by atoms with E-state index in [-0.39, 0.29) is 12.4 Å². The van der Waals surface area contributed by atoms with Crippen molar-refractivity contribution in [1.29, 1.82) is 0 Å². The quantitative estimate of drug-likeness (QED) is 0.880. The first kappa shape index (κ1) is 14.5. The van der Waals surface area contributed by atoms with Crippen molar-refractivity contribution >= 4 is 16.5 Å². The lowest BCUT2D eigenvalue weighted by Crippen LogP contribution is -2.08. The Labute approximate surface area is 115 Å². The molecule has 0 spiro atoms. The number of halogens is 4. The number of aromatic nitrogens is 2. The molecule has 1 N–H and O–H groups in total. The van der Waals surface area contributed by atoms with Crippen molar-refractivity contribution in [1.82, 2.24) is 9.59 Å². The summed E-state index contributed by atoms with van der Waals surface area (Å²) in [4.78, 5) is 0. The molecule has 0 radical (unpaired) electrons. The predicted octanol–water partition coefficient (Wildman–Crippen LogP) is 3.32. The SMILES string of the molecule is CNc1snnc1COc1ccc(F)c(C(F)(F)F)c1. The van der Waals surface area contributed by atoms with Gasteiger partial charge in [0.1, 0.15) is 28.9 Å². The zero-order chi connectivity index (χ0) is 14.8. The number of anilines is 1. The Bertz CT molecular complexity index is 600. The summed E-state index contributed by atoms with van der Waals surface area (Å²) in [5, 5.41) is 7.26. The molecule has 1 aromatic heterocycles. The molecule has 1 aromatic carbocycles. The van der Waals surface area contributed by atoms with Crippen molar-refractivity contribution in [2.24, 2.45) is 0 Å². The third kappa shape index (κ3) is 3.16.